The molecular weight excluding hydrogens is 524 g/mol. The van der Waals surface area contributed by atoms with Crippen molar-refractivity contribution in [1.82, 2.24) is 5.43 Å². The zero-order valence-electron chi connectivity index (χ0n) is 18.3. The van der Waals surface area contributed by atoms with Crippen molar-refractivity contribution in [2.45, 2.75) is 13.5 Å². The van der Waals surface area contributed by atoms with Crippen LogP contribution in [-0.2, 0) is 6.61 Å². The Morgan fingerprint density at radius 1 is 1.06 bits per heavy atom. The Bertz CT molecular complexity index is 1280. The summed E-state index contributed by atoms with van der Waals surface area (Å²) in [6, 6.07) is 14.9. The number of ether oxygens (including phenoxy) is 2. The first-order valence-electron chi connectivity index (χ1n) is 10.2. The van der Waals surface area contributed by atoms with E-state index in [1.165, 1.54) is 42.6 Å². The molecule has 0 saturated heterocycles. The topological polar surface area (TPSA) is 146 Å². The van der Waals surface area contributed by atoms with Crippen LogP contribution >= 0.6 is 15.9 Å². The quantitative estimate of drug-likeness (QED) is 0.215. The summed E-state index contributed by atoms with van der Waals surface area (Å²) in [5.41, 5.74) is 3.12. The zero-order chi connectivity index (χ0) is 25.4. The summed E-state index contributed by atoms with van der Waals surface area (Å²) in [4.78, 5) is 33.1. The van der Waals surface area contributed by atoms with E-state index in [-0.39, 0.29) is 23.5 Å². The summed E-state index contributed by atoms with van der Waals surface area (Å²) < 4.78 is 12.1. The lowest BCUT2D eigenvalue weighted by atomic mass is 10.2. The number of non-ortho nitro benzene ring substituents is 1. The molecule has 0 heterocycles. The second kappa shape index (κ2) is 11.7. The number of hydrogen-bond acceptors (Lipinski definition) is 8. The number of carbonyl (C=O) groups excluding carboxylic acids is 1. The van der Waals surface area contributed by atoms with Gasteiger partial charge in [-0.15, -0.1) is 0 Å². The van der Waals surface area contributed by atoms with Crippen LogP contribution in [-0.4, -0.2) is 28.6 Å². The number of para-hydroxylation sites is 1. The maximum atomic E-state index is 12.3. The normalized spacial score (nSPS) is 10.7. The van der Waals surface area contributed by atoms with E-state index in [2.05, 4.69) is 26.5 Å². The lowest BCUT2D eigenvalue weighted by Gasteiger charge is -2.14. The van der Waals surface area contributed by atoms with Crippen molar-refractivity contribution >= 4 is 39.4 Å². The van der Waals surface area contributed by atoms with Crippen LogP contribution in [0.4, 0.5) is 11.4 Å². The number of nitro benzene ring substituents is 2. The monoisotopic (exact) mass is 542 g/mol. The Hall–Kier alpha value is -4.32. The molecule has 3 rings (SSSR count). The second-order valence-corrected chi connectivity index (χ2v) is 7.80. The average molecular weight is 543 g/mol. The fraction of sp³-hybridized carbons (Fsp3) is 0.130. The summed E-state index contributed by atoms with van der Waals surface area (Å²) in [6.45, 7) is 2.31. The third-order valence-electron chi connectivity index (χ3n) is 4.59. The second-order valence-electron chi connectivity index (χ2n) is 6.95. The van der Waals surface area contributed by atoms with Crippen LogP contribution in [0, 0.1) is 20.2 Å². The minimum Gasteiger partial charge on any atom is -0.490 e. The Morgan fingerprint density at radius 2 is 1.77 bits per heavy atom. The molecule has 35 heavy (non-hydrogen) atoms. The van der Waals surface area contributed by atoms with Crippen LogP contribution in [0.3, 0.4) is 0 Å². The number of rotatable bonds is 10. The molecule has 0 aliphatic rings. The van der Waals surface area contributed by atoms with Crippen molar-refractivity contribution in [2.75, 3.05) is 6.61 Å². The predicted molar refractivity (Wildman–Crippen MR) is 131 cm³/mol. The van der Waals surface area contributed by atoms with E-state index >= 15 is 0 Å². The summed E-state index contributed by atoms with van der Waals surface area (Å²) in [7, 11) is 0. The summed E-state index contributed by atoms with van der Waals surface area (Å²) in [5.74, 6) is 0.113. The summed E-state index contributed by atoms with van der Waals surface area (Å²) >= 11 is 3.44. The number of halogens is 1. The van der Waals surface area contributed by atoms with Gasteiger partial charge in [0.2, 0.25) is 0 Å². The largest absolute Gasteiger partial charge is 0.490 e. The van der Waals surface area contributed by atoms with E-state index in [9.17, 15) is 25.0 Å². The molecule has 1 amide bonds. The van der Waals surface area contributed by atoms with Gasteiger partial charge in [0.25, 0.3) is 17.3 Å². The van der Waals surface area contributed by atoms with Crippen LogP contribution in [0.15, 0.2) is 70.2 Å². The first kappa shape index (κ1) is 25.3. The molecule has 0 bridgehead atoms. The van der Waals surface area contributed by atoms with Crippen molar-refractivity contribution in [2.24, 2.45) is 5.10 Å². The number of amides is 1. The molecule has 0 saturated carbocycles. The highest BCUT2D eigenvalue weighted by molar-refractivity contribution is 9.10. The van der Waals surface area contributed by atoms with Gasteiger partial charge in [0.1, 0.15) is 12.2 Å². The van der Waals surface area contributed by atoms with E-state index < -0.39 is 15.8 Å². The Labute approximate surface area is 207 Å². The number of carbonyl (C=O) groups is 1. The Morgan fingerprint density at radius 3 is 2.43 bits per heavy atom. The maximum Gasteiger partial charge on any atom is 0.282 e. The highest BCUT2D eigenvalue weighted by Gasteiger charge is 2.18. The van der Waals surface area contributed by atoms with E-state index in [0.29, 0.717) is 28.1 Å². The molecule has 0 aliphatic heterocycles. The van der Waals surface area contributed by atoms with Gasteiger partial charge < -0.3 is 9.47 Å². The molecule has 3 aromatic carbocycles. The summed E-state index contributed by atoms with van der Waals surface area (Å²) in [6.07, 6.45) is 1.36. The van der Waals surface area contributed by atoms with Crippen LogP contribution in [0.25, 0.3) is 0 Å². The minimum absolute atomic E-state index is 0.0115. The number of benzene rings is 3. The van der Waals surface area contributed by atoms with Crippen LogP contribution in [0.1, 0.15) is 28.4 Å². The summed E-state index contributed by atoms with van der Waals surface area (Å²) in [5, 5.41) is 25.8. The van der Waals surface area contributed by atoms with Crippen LogP contribution in [0.2, 0.25) is 0 Å². The molecule has 0 radical (unpaired) electrons. The van der Waals surface area contributed by atoms with Crippen LogP contribution in [0.5, 0.6) is 11.5 Å². The molecule has 3 aromatic rings. The highest BCUT2D eigenvalue weighted by atomic mass is 79.9. The van der Waals surface area contributed by atoms with Gasteiger partial charge in [0.05, 0.1) is 27.1 Å². The molecular formula is C23H19BrN4O7. The SMILES string of the molecule is CCOc1cc(/C=N\NC(=O)c2ccccc2[N+](=O)[O-])cc(Br)c1OCc1ccc([N+](=O)[O-])cc1. The van der Waals surface area contributed by atoms with Crippen molar-refractivity contribution < 1.29 is 24.1 Å². The number of hydrazone groups is 1. The molecule has 0 aromatic heterocycles. The number of hydrogen-bond donors (Lipinski definition) is 1. The van der Waals surface area contributed by atoms with E-state index in [1.54, 1.807) is 24.3 Å². The first-order valence-corrected chi connectivity index (χ1v) is 11.0. The molecule has 0 atom stereocenters. The van der Waals surface area contributed by atoms with Gasteiger partial charge in [0.15, 0.2) is 11.5 Å². The highest BCUT2D eigenvalue weighted by Crippen LogP contribution is 2.37. The standard InChI is InChI=1S/C23H19BrN4O7/c1-2-34-21-12-16(13-25-26-23(29)18-5-3-4-6-20(18)28(32)33)11-19(24)22(21)35-14-15-7-9-17(10-8-15)27(30)31/h3-13H,2,14H2,1H3,(H,26,29)/b25-13-. The lowest BCUT2D eigenvalue weighted by Crippen LogP contribution is -2.19. The van der Waals surface area contributed by atoms with E-state index in [0.717, 1.165) is 5.56 Å². The molecule has 12 heteroatoms. The minimum atomic E-state index is -0.722. The third-order valence-corrected chi connectivity index (χ3v) is 5.18. The number of nitro groups is 2. The molecule has 11 nitrogen and oxygen atoms in total. The molecule has 1 N–H and O–H groups in total. The number of nitrogens with zero attached hydrogens (tertiary/aromatic N) is 3. The van der Waals surface area contributed by atoms with Crippen molar-refractivity contribution in [3.8, 4) is 11.5 Å². The fourth-order valence-corrected chi connectivity index (χ4v) is 3.56. The van der Waals surface area contributed by atoms with Gasteiger partial charge in [0, 0.05) is 18.2 Å². The van der Waals surface area contributed by atoms with Gasteiger partial charge in [-0.25, -0.2) is 5.43 Å². The van der Waals surface area contributed by atoms with Crippen molar-refractivity contribution in [3.63, 3.8) is 0 Å². The Balaban J connectivity index is 1.73. The predicted octanol–water partition coefficient (Wildman–Crippen LogP) is 5.01. The van der Waals surface area contributed by atoms with Gasteiger partial charge in [-0.2, -0.15) is 5.10 Å². The lowest BCUT2D eigenvalue weighted by molar-refractivity contribution is -0.385. The smallest absolute Gasteiger partial charge is 0.282 e. The van der Waals surface area contributed by atoms with E-state index in [1.807, 2.05) is 6.92 Å². The average Bonchev–Trinajstić information content (AvgIpc) is 2.84. The van der Waals surface area contributed by atoms with E-state index in [4.69, 9.17) is 9.47 Å². The first-order chi connectivity index (χ1) is 16.8. The zero-order valence-corrected chi connectivity index (χ0v) is 19.9. The van der Waals surface area contributed by atoms with Crippen molar-refractivity contribution in [3.05, 3.63) is 102 Å². The van der Waals surface area contributed by atoms with Crippen LogP contribution < -0.4 is 14.9 Å². The Kier molecular flexibility index (Phi) is 8.46. The fourth-order valence-electron chi connectivity index (χ4n) is 2.99. The number of nitrogens with one attached hydrogen (secondary N) is 1. The molecule has 180 valence electrons. The van der Waals surface area contributed by atoms with Gasteiger partial charge in [-0.3, -0.25) is 25.0 Å². The third kappa shape index (κ3) is 6.60. The van der Waals surface area contributed by atoms with Crippen molar-refractivity contribution in [1.29, 1.82) is 0 Å². The molecule has 0 unspecified atom stereocenters. The molecule has 0 aliphatic carbocycles. The van der Waals surface area contributed by atoms with Gasteiger partial charge in [-0.05, 0) is 64.3 Å². The molecule has 0 spiro atoms. The van der Waals surface area contributed by atoms with Gasteiger partial charge >= 0.3 is 0 Å². The molecule has 0 fully saturated rings. The van der Waals surface area contributed by atoms with Gasteiger partial charge in [-0.1, -0.05) is 12.1 Å². The maximum absolute atomic E-state index is 12.3.